The van der Waals surface area contributed by atoms with Crippen LogP contribution in [0.5, 0.6) is 0 Å². The summed E-state index contributed by atoms with van der Waals surface area (Å²) in [6, 6.07) is 4.36. The van der Waals surface area contributed by atoms with Gasteiger partial charge in [0, 0.05) is 11.8 Å². The standard InChI is InChI=1S/C10H6FIN2O/c11-9-3-1-2-7(6-15)10(9)14-5-8(12)4-13-14/h1-6H. The number of aldehydes is 1. The van der Waals surface area contributed by atoms with Gasteiger partial charge in [0.15, 0.2) is 6.29 Å². The first-order valence-electron chi connectivity index (χ1n) is 4.16. The van der Waals surface area contributed by atoms with E-state index in [-0.39, 0.29) is 11.3 Å². The quantitative estimate of drug-likeness (QED) is 0.630. The molecular formula is C10H6FIN2O. The van der Waals surface area contributed by atoms with Crippen molar-refractivity contribution in [2.24, 2.45) is 0 Å². The largest absolute Gasteiger partial charge is 0.298 e. The second-order valence-corrected chi connectivity index (χ2v) is 4.14. The van der Waals surface area contributed by atoms with Crippen LogP contribution in [0.25, 0.3) is 5.69 Å². The molecule has 0 saturated heterocycles. The maximum Gasteiger partial charge on any atom is 0.152 e. The summed E-state index contributed by atoms with van der Waals surface area (Å²) >= 11 is 2.07. The highest BCUT2D eigenvalue weighted by Gasteiger charge is 2.10. The van der Waals surface area contributed by atoms with Crippen molar-refractivity contribution in [3.63, 3.8) is 0 Å². The van der Waals surface area contributed by atoms with E-state index in [2.05, 4.69) is 27.7 Å². The number of rotatable bonds is 2. The first-order valence-corrected chi connectivity index (χ1v) is 5.24. The second-order valence-electron chi connectivity index (χ2n) is 2.90. The topological polar surface area (TPSA) is 34.9 Å². The van der Waals surface area contributed by atoms with Crippen LogP contribution in [-0.4, -0.2) is 16.1 Å². The summed E-state index contributed by atoms with van der Waals surface area (Å²) in [7, 11) is 0. The van der Waals surface area contributed by atoms with Gasteiger partial charge in [0.25, 0.3) is 0 Å². The Balaban J connectivity index is 2.65. The molecule has 3 nitrogen and oxygen atoms in total. The van der Waals surface area contributed by atoms with E-state index < -0.39 is 5.82 Å². The van der Waals surface area contributed by atoms with Gasteiger partial charge in [-0.15, -0.1) is 0 Å². The highest BCUT2D eigenvalue weighted by atomic mass is 127. The number of hydrogen-bond acceptors (Lipinski definition) is 2. The van der Waals surface area contributed by atoms with Crippen LogP contribution >= 0.6 is 22.6 Å². The number of carbonyl (C=O) groups is 1. The van der Waals surface area contributed by atoms with Crippen molar-refractivity contribution < 1.29 is 9.18 Å². The lowest BCUT2D eigenvalue weighted by Crippen LogP contribution is -2.02. The van der Waals surface area contributed by atoms with E-state index in [9.17, 15) is 9.18 Å². The van der Waals surface area contributed by atoms with Gasteiger partial charge < -0.3 is 0 Å². The van der Waals surface area contributed by atoms with E-state index in [0.717, 1.165) is 3.57 Å². The molecule has 2 rings (SSSR count). The molecule has 0 aliphatic heterocycles. The summed E-state index contributed by atoms with van der Waals surface area (Å²) in [6.07, 6.45) is 3.88. The average molecular weight is 316 g/mol. The fourth-order valence-electron chi connectivity index (χ4n) is 1.29. The van der Waals surface area contributed by atoms with Crippen LogP contribution in [0.1, 0.15) is 10.4 Å². The lowest BCUT2D eigenvalue weighted by Gasteiger charge is -2.05. The fourth-order valence-corrected chi connectivity index (χ4v) is 1.68. The van der Waals surface area contributed by atoms with E-state index >= 15 is 0 Å². The van der Waals surface area contributed by atoms with Crippen LogP contribution in [0.15, 0.2) is 30.6 Å². The number of para-hydroxylation sites is 1. The lowest BCUT2D eigenvalue weighted by molar-refractivity contribution is 0.112. The van der Waals surface area contributed by atoms with Gasteiger partial charge in [-0.1, -0.05) is 6.07 Å². The third kappa shape index (κ3) is 1.92. The Morgan fingerprint density at radius 2 is 2.27 bits per heavy atom. The van der Waals surface area contributed by atoms with Gasteiger partial charge in [-0.25, -0.2) is 9.07 Å². The minimum atomic E-state index is -0.459. The highest BCUT2D eigenvalue weighted by molar-refractivity contribution is 14.1. The number of aromatic nitrogens is 2. The SMILES string of the molecule is O=Cc1cccc(F)c1-n1cc(I)cn1. The molecule has 1 aromatic carbocycles. The summed E-state index contributed by atoms with van der Waals surface area (Å²) < 4.78 is 15.8. The predicted octanol–water partition coefficient (Wildman–Crippen LogP) is 2.43. The first-order chi connectivity index (χ1) is 7.22. The summed E-state index contributed by atoms with van der Waals surface area (Å²) in [5.74, 6) is -0.459. The average Bonchev–Trinajstić information content (AvgIpc) is 2.64. The van der Waals surface area contributed by atoms with Crippen molar-refractivity contribution in [2.45, 2.75) is 0 Å². The maximum absolute atomic E-state index is 13.5. The van der Waals surface area contributed by atoms with Gasteiger partial charge in [0.1, 0.15) is 11.5 Å². The Morgan fingerprint density at radius 3 is 2.87 bits per heavy atom. The Morgan fingerprint density at radius 1 is 1.47 bits per heavy atom. The molecule has 0 unspecified atom stereocenters. The molecule has 15 heavy (non-hydrogen) atoms. The van der Waals surface area contributed by atoms with Crippen LogP contribution in [0.2, 0.25) is 0 Å². The predicted molar refractivity (Wildman–Crippen MR) is 61.6 cm³/mol. The molecule has 5 heteroatoms. The van der Waals surface area contributed by atoms with Crippen LogP contribution in [0.4, 0.5) is 4.39 Å². The number of carbonyl (C=O) groups excluding carboxylic acids is 1. The van der Waals surface area contributed by atoms with E-state index in [0.29, 0.717) is 6.29 Å². The van der Waals surface area contributed by atoms with Crippen molar-refractivity contribution in [3.05, 3.63) is 45.5 Å². The van der Waals surface area contributed by atoms with Crippen molar-refractivity contribution >= 4 is 28.9 Å². The molecule has 0 saturated carbocycles. The normalized spacial score (nSPS) is 10.3. The zero-order valence-electron chi connectivity index (χ0n) is 7.52. The van der Waals surface area contributed by atoms with E-state index in [4.69, 9.17) is 0 Å². The summed E-state index contributed by atoms with van der Waals surface area (Å²) in [5, 5.41) is 3.97. The van der Waals surface area contributed by atoms with Gasteiger partial charge in [-0.2, -0.15) is 5.10 Å². The Bertz CT molecular complexity index is 510. The maximum atomic E-state index is 13.5. The number of benzene rings is 1. The zero-order chi connectivity index (χ0) is 10.8. The molecule has 1 heterocycles. The van der Waals surface area contributed by atoms with Crippen LogP contribution in [0.3, 0.4) is 0 Å². The minimum absolute atomic E-state index is 0.190. The van der Waals surface area contributed by atoms with Gasteiger partial charge in [0.2, 0.25) is 0 Å². The molecule has 0 spiro atoms. The van der Waals surface area contributed by atoms with Crippen molar-refractivity contribution in [2.75, 3.05) is 0 Å². The second kappa shape index (κ2) is 4.09. The number of halogens is 2. The highest BCUT2D eigenvalue weighted by Crippen LogP contribution is 2.17. The third-order valence-corrected chi connectivity index (χ3v) is 2.48. The van der Waals surface area contributed by atoms with Crippen LogP contribution in [0, 0.1) is 9.39 Å². The molecule has 0 aliphatic carbocycles. The van der Waals surface area contributed by atoms with E-state index in [1.54, 1.807) is 18.5 Å². The Kier molecular flexibility index (Phi) is 2.81. The summed E-state index contributed by atoms with van der Waals surface area (Å²) in [6.45, 7) is 0. The first kappa shape index (κ1) is 10.3. The number of nitrogens with zero attached hydrogens (tertiary/aromatic N) is 2. The molecule has 76 valence electrons. The summed E-state index contributed by atoms with van der Waals surface area (Å²) in [5.41, 5.74) is 0.477. The molecule has 0 bridgehead atoms. The molecule has 2 aromatic rings. The molecule has 0 radical (unpaired) electrons. The van der Waals surface area contributed by atoms with E-state index in [1.165, 1.54) is 16.8 Å². The van der Waals surface area contributed by atoms with Gasteiger partial charge in [0.05, 0.1) is 9.77 Å². The van der Waals surface area contributed by atoms with Crippen molar-refractivity contribution in [3.8, 4) is 5.69 Å². The van der Waals surface area contributed by atoms with Gasteiger partial charge >= 0.3 is 0 Å². The number of hydrogen-bond donors (Lipinski definition) is 0. The van der Waals surface area contributed by atoms with Gasteiger partial charge in [-0.3, -0.25) is 4.79 Å². The Labute approximate surface area is 99.0 Å². The third-order valence-electron chi connectivity index (χ3n) is 1.93. The zero-order valence-corrected chi connectivity index (χ0v) is 9.68. The molecule has 0 amide bonds. The smallest absolute Gasteiger partial charge is 0.152 e. The molecule has 0 aliphatic rings. The monoisotopic (exact) mass is 316 g/mol. The minimum Gasteiger partial charge on any atom is -0.298 e. The van der Waals surface area contributed by atoms with Crippen LogP contribution in [-0.2, 0) is 0 Å². The van der Waals surface area contributed by atoms with Crippen LogP contribution < -0.4 is 0 Å². The van der Waals surface area contributed by atoms with E-state index in [1.807, 2.05) is 0 Å². The Hall–Kier alpha value is -1.24. The van der Waals surface area contributed by atoms with Gasteiger partial charge in [-0.05, 0) is 34.7 Å². The molecular weight excluding hydrogens is 310 g/mol. The molecule has 1 aromatic heterocycles. The molecule has 0 atom stereocenters. The fraction of sp³-hybridized carbons (Fsp3) is 0. The van der Waals surface area contributed by atoms with Crippen molar-refractivity contribution in [1.82, 2.24) is 9.78 Å². The molecule has 0 fully saturated rings. The lowest BCUT2D eigenvalue weighted by atomic mass is 10.2. The summed E-state index contributed by atoms with van der Waals surface area (Å²) in [4.78, 5) is 10.8. The van der Waals surface area contributed by atoms with Crippen molar-refractivity contribution in [1.29, 1.82) is 0 Å². The molecule has 0 N–H and O–H groups in total.